The fraction of sp³-hybridized carbons (Fsp3) is 0.167. The largest absolute Gasteiger partial charge is 0.453 e. The Morgan fingerprint density at radius 3 is 2.94 bits per heavy atom. The molecule has 1 aromatic rings. The Bertz CT molecular complexity index is 446. The van der Waals surface area contributed by atoms with Crippen LogP contribution >= 0.6 is 0 Å². The lowest BCUT2D eigenvalue weighted by atomic mass is 10.1. The second kappa shape index (κ2) is 6.32. The molecule has 0 fully saturated rings. The number of carbonyl (C=O) groups excluding carboxylic acids is 1. The van der Waals surface area contributed by atoms with Crippen molar-refractivity contribution in [1.29, 1.82) is 0 Å². The molecule has 0 atom stereocenters. The molecule has 4 heteroatoms. The van der Waals surface area contributed by atoms with E-state index in [4.69, 9.17) is 10.3 Å². The third-order valence-corrected chi connectivity index (χ3v) is 1.97. The molecule has 0 spiro atoms. The molecule has 0 saturated carbocycles. The first-order chi connectivity index (χ1) is 7.74. The van der Waals surface area contributed by atoms with Gasteiger partial charge in [0.2, 0.25) is 0 Å². The van der Waals surface area contributed by atoms with Crippen LogP contribution in [0.15, 0.2) is 30.3 Å². The zero-order valence-corrected chi connectivity index (χ0v) is 8.96. The summed E-state index contributed by atoms with van der Waals surface area (Å²) in [4.78, 5) is 13.3. The van der Waals surface area contributed by atoms with Crippen LogP contribution in [-0.2, 0) is 9.53 Å². The van der Waals surface area contributed by atoms with Crippen molar-refractivity contribution in [2.24, 2.45) is 0 Å². The number of aryl methyl sites for hydroxylation is 1. The third-order valence-electron chi connectivity index (χ3n) is 1.97. The molecule has 0 aliphatic rings. The van der Waals surface area contributed by atoms with E-state index < -0.39 is 5.97 Å². The van der Waals surface area contributed by atoms with Crippen molar-refractivity contribution >= 4 is 18.3 Å². The molecule has 0 N–H and O–H groups in total. The van der Waals surface area contributed by atoms with Gasteiger partial charge in [0.25, 0.3) is 0 Å². The van der Waals surface area contributed by atoms with Crippen molar-refractivity contribution < 1.29 is 14.3 Å². The summed E-state index contributed by atoms with van der Waals surface area (Å²) in [6.07, 6.45) is 4.31. The number of hydrogen-bond acceptors (Lipinski definition) is 2. The average Bonchev–Trinajstić information content (AvgIpc) is 2.27. The molecule has 0 unspecified atom stereocenters. The van der Waals surface area contributed by atoms with Crippen molar-refractivity contribution in [2.45, 2.75) is 6.92 Å². The minimum Gasteiger partial charge on any atom is -0.453 e. The maximum Gasteiger partial charge on any atom is 0.413 e. The van der Waals surface area contributed by atoms with Crippen LogP contribution in [0.4, 0.5) is 0 Å². The smallest absolute Gasteiger partial charge is 0.413 e. The van der Waals surface area contributed by atoms with E-state index in [1.54, 1.807) is 6.08 Å². The van der Waals surface area contributed by atoms with Gasteiger partial charge in [-0.05, 0) is 24.1 Å². The SMILES string of the molecule is Cc1ccccc1/C=C/COC(=O)C=[N+]=[N-]. The summed E-state index contributed by atoms with van der Waals surface area (Å²) in [6.45, 7) is 2.16. The zero-order chi connectivity index (χ0) is 11.8. The number of benzene rings is 1. The zero-order valence-electron chi connectivity index (χ0n) is 8.96. The summed E-state index contributed by atoms with van der Waals surface area (Å²) in [5.41, 5.74) is 10.3. The standard InChI is InChI=1S/C12H12N2O2/c1-10-5-2-3-6-11(10)7-4-8-16-12(15)9-14-13/h2-7,9H,8H2,1H3/b7-4+. The lowest BCUT2D eigenvalue weighted by Crippen LogP contribution is -2.05. The fourth-order valence-electron chi connectivity index (χ4n) is 1.16. The fourth-order valence-corrected chi connectivity index (χ4v) is 1.16. The highest BCUT2D eigenvalue weighted by Crippen LogP contribution is 2.08. The second-order valence-corrected chi connectivity index (χ2v) is 3.13. The van der Waals surface area contributed by atoms with E-state index in [0.717, 1.165) is 11.1 Å². The van der Waals surface area contributed by atoms with E-state index in [-0.39, 0.29) is 6.61 Å². The normalized spacial score (nSPS) is 9.81. The van der Waals surface area contributed by atoms with Crippen LogP contribution in [0.1, 0.15) is 11.1 Å². The summed E-state index contributed by atoms with van der Waals surface area (Å²) in [7, 11) is 0. The highest BCUT2D eigenvalue weighted by Gasteiger charge is 1.99. The van der Waals surface area contributed by atoms with E-state index >= 15 is 0 Å². The van der Waals surface area contributed by atoms with Gasteiger partial charge in [-0.1, -0.05) is 30.3 Å². The molecule has 4 nitrogen and oxygen atoms in total. The first kappa shape index (κ1) is 11.9. The van der Waals surface area contributed by atoms with E-state index in [2.05, 4.69) is 4.79 Å². The molecule has 0 amide bonds. The molecule has 0 aliphatic carbocycles. The maximum absolute atomic E-state index is 10.8. The highest BCUT2D eigenvalue weighted by atomic mass is 16.5. The third kappa shape index (κ3) is 3.90. The molecule has 82 valence electrons. The number of ether oxygens (including phenoxy) is 1. The van der Waals surface area contributed by atoms with Gasteiger partial charge in [0, 0.05) is 0 Å². The van der Waals surface area contributed by atoms with Gasteiger partial charge in [-0.25, -0.2) is 4.79 Å². The number of carbonyl (C=O) groups is 1. The second-order valence-electron chi connectivity index (χ2n) is 3.13. The van der Waals surface area contributed by atoms with Crippen LogP contribution in [0, 0.1) is 6.92 Å². The molecule has 0 aliphatic heterocycles. The summed E-state index contributed by atoms with van der Waals surface area (Å²) >= 11 is 0. The minimum absolute atomic E-state index is 0.152. The van der Waals surface area contributed by atoms with E-state index in [0.29, 0.717) is 6.21 Å². The Hall–Kier alpha value is -2.19. The molecule has 0 radical (unpaired) electrons. The maximum atomic E-state index is 10.8. The van der Waals surface area contributed by atoms with Crippen LogP contribution in [0.25, 0.3) is 11.6 Å². The van der Waals surface area contributed by atoms with Crippen molar-refractivity contribution in [3.63, 3.8) is 0 Å². The van der Waals surface area contributed by atoms with Crippen molar-refractivity contribution in [2.75, 3.05) is 6.61 Å². The Kier molecular flexibility index (Phi) is 4.70. The topological polar surface area (TPSA) is 62.7 Å². The Morgan fingerprint density at radius 1 is 1.50 bits per heavy atom. The van der Waals surface area contributed by atoms with Gasteiger partial charge < -0.3 is 10.3 Å². The van der Waals surface area contributed by atoms with Gasteiger partial charge >= 0.3 is 12.2 Å². The molecule has 16 heavy (non-hydrogen) atoms. The number of nitrogens with zero attached hydrogens (tertiary/aromatic N) is 2. The molecule has 0 saturated heterocycles. The molecular formula is C12H12N2O2. The quantitative estimate of drug-likeness (QED) is 0.333. The van der Waals surface area contributed by atoms with Crippen LogP contribution in [0.3, 0.4) is 0 Å². The van der Waals surface area contributed by atoms with Gasteiger partial charge in [-0.15, -0.1) is 0 Å². The van der Waals surface area contributed by atoms with E-state index in [1.165, 1.54) is 0 Å². The highest BCUT2D eigenvalue weighted by molar-refractivity contribution is 6.20. The summed E-state index contributed by atoms with van der Waals surface area (Å²) in [5, 5.41) is 0. The van der Waals surface area contributed by atoms with E-state index in [9.17, 15) is 4.79 Å². The van der Waals surface area contributed by atoms with Crippen LogP contribution in [0.2, 0.25) is 0 Å². The summed E-state index contributed by atoms with van der Waals surface area (Å²) in [6, 6.07) is 7.88. The molecule has 0 aromatic heterocycles. The lowest BCUT2D eigenvalue weighted by Gasteiger charge is -1.98. The first-order valence-corrected chi connectivity index (χ1v) is 4.80. The Balaban J connectivity index is 2.47. The van der Waals surface area contributed by atoms with Crippen LogP contribution < -0.4 is 0 Å². The molecule has 0 heterocycles. The minimum atomic E-state index is -0.670. The number of rotatable bonds is 4. The number of esters is 1. The van der Waals surface area contributed by atoms with Gasteiger partial charge in [-0.2, -0.15) is 4.79 Å². The molecule has 1 aromatic carbocycles. The van der Waals surface area contributed by atoms with Crippen molar-refractivity contribution in [3.8, 4) is 0 Å². The molecule has 1 rings (SSSR count). The summed E-state index contributed by atoms with van der Waals surface area (Å²) < 4.78 is 4.71. The van der Waals surface area contributed by atoms with E-state index in [1.807, 2.05) is 37.3 Å². The monoisotopic (exact) mass is 216 g/mol. The Labute approximate surface area is 93.8 Å². The van der Waals surface area contributed by atoms with Gasteiger partial charge in [-0.3, -0.25) is 0 Å². The van der Waals surface area contributed by atoms with Gasteiger partial charge in [0.15, 0.2) is 0 Å². The van der Waals surface area contributed by atoms with Crippen LogP contribution in [-0.4, -0.2) is 23.6 Å². The van der Waals surface area contributed by atoms with Gasteiger partial charge in [0.1, 0.15) is 6.61 Å². The summed E-state index contributed by atoms with van der Waals surface area (Å²) in [5.74, 6) is -0.670. The lowest BCUT2D eigenvalue weighted by molar-refractivity contribution is -0.137. The average molecular weight is 216 g/mol. The number of hydrogen-bond donors (Lipinski definition) is 0. The first-order valence-electron chi connectivity index (χ1n) is 4.80. The van der Waals surface area contributed by atoms with Crippen molar-refractivity contribution in [1.82, 2.24) is 0 Å². The predicted molar refractivity (Wildman–Crippen MR) is 60.9 cm³/mol. The molecular weight excluding hydrogens is 204 g/mol. The van der Waals surface area contributed by atoms with Crippen molar-refractivity contribution in [3.05, 3.63) is 47.0 Å². The molecule has 0 bridgehead atoms. The predicted octanol–water partition coefficient (Wildman–Crippen LogP) is 1.85. The Morgan fingerprint density at radius 2 is 2.25 bits per heavy atom. The van der Waals surface area contributed by atoms with Crippen LogP contribution in [0.5, 0.6) is 0 Å². The van der Waals surface area contributed by atoms with Gasteiger partial charge in [0.05, 0.1) is 0 Å².